The van der Waals surface area contributed by atoms with Gasteiger partial charge in [-0.25, -0.2) is 4.98 Å². The van der Waals surface area contributed by atoms with Crippen LogP contribution in [0.2, 0.25) is 0 Å². The van der Waals surface area contributed by atoms with Gasteiger partial charge in [-0.1, -0.05) is 48.5 Å². The van der Waals surface area contributed by atoms with E-state index in [2.05, 4.69) is 5.10 Å². The summed E-state index contributed by atoms with van der Waals surface area (Å²) >= 11 is 0. The highest BCUT2D eigenvalue weighted by atomic mass is 16.5. The minimum Gasteiger partial charge on any atom is -0.507 e. The molecule has 170 valence electrons. The summed E-state index contributed by atoms with van der Waals surface area (Å²) in [5.74, 6) is 1.32. The van der Waals surface area contributed by atoms with Crippen LogP contribution in [0.4, 0.5) is 0 Å². The van der Waals surface area contributed by atoms with E-state index in [9.17, 15) is 9.90 Å². The summed E-state index contributed by atoms with van der Waals surface area (Å²) in [6.07, 6.45) is 1.47. The van der Waals surface area contributed by atoms with Crippen molar-refractivity contribution in [3.05, 3.63) is 101 Å². The molecule has 0 amide bonds. The third kappa shape index (κ3) is 3.41. The second-order valence-electron chi connectivity index (χ2n) is 8.02. The lowest BCUT2D eigenvalue weighted by molar-refractivity contribution is 0.419. The third-order valence-electron chi connectivity index (χ3n) is 5.97. The Balaban J connectivity index is 1.61. The second kappa shape index (κ2) is 8.14. The fourth-order valence-electron chi connectivity index (χ4n) is 4.25. The number of ether oxygens (including phenoxy) is 1. The molecule has 0 fully saturated rings. The van der Waals surface area contributed by atoms with Gasteiger partial charge in [-0.3, -0.25) is 4.79 Å². The number of fused-ring (bicyclic) bond motifs is 3. The average molecular weight is 461 g/mol. The first-order chi connectivity index (χ1) is 17.1. The lowest BCUT2D eigenvalue weighted by Crippen LogP contribution is -2.20. The predicted molar refractivity (Wildman–Crippen MR) is 136 cm³/mol. The molecule has 0 saturated carbocycles. The van der Waals surface area contributed by atoms with E-state index < -0.39 is 0 Å². The summed E-state index contributed by atoms with van der Waals surface area (Å²) in [5, 5.41) is 18.0. The monoisotopic (exact) mass is 461 g/mol. The second-order valence-corrected chi connectivity index (χ2v) is 8.02. The van der Waals surface area contributed by atoms with Crippen molar-refractivity contribution in [3.8, 4) is 23.1 Å². The molecule has 0 spiro atoms. The van der Waals surface area contributed by atoms with Crippen LogP contribution in [0.25, 0.3) is 44.2 Å². The number of methoxy groups -OCH3 is 1. The van der Waals surface area contributed by atoms with Crippen LogP contribution in [0.15, 0.2) is 99.2 Å². The van der Waals surface area contributed by atoms with Crippen LogP contribution in [-0.2, 0) is 0 Å². The molecule has 7 nitrogen and oxygen atoms in total. The number of aromatic hydroxyl groups is 1. The van der Waals surface area contributed by atoms with Gasteiger partial charge < -0.3 is 14.3 Å². The standard InChI is InChI=1S/C28H19N3O4/c1-34-24-11-6-12-25-20(24)15-26(35-25)27-30-22-10-5-4-9-19(22)28(33)31(27)29-16-21-18-8-3-2-7-17(18)13-14-23(21)32/h2-16,32H,1H3. The molecule has 0 bridgehead atoms. The van der Waals surface area contributed by atoms with Gasteiger partial charge in [-0.2, -0.15) is 9.78 Å². The molecule has 0 atom stereocenters. The molecule has 0 unspecified atom stereocenters. The first kappa shape index (κ1) is 20.7. The van der Waals surface area contributed by atoms with Gasteiger partial charge in [0.25, 0.3) is 5.56 Å². The Bertz CT molecular complexity index is 1830. The topological polar surface area (TPSA) is 89.9 Å². The van der Waals surface area contributed by atoms with Crippen LogP contribution in [0, 0.1) is 0 Å². The van der Waals surface area contributed by atoms with Gasteiger partial charge in [0.1, 0.15) is 17.1 Å². The molecule has 0 saturated heterocycles. The van der Waals surface area contributed by atoms with E-state index in [4.69, 9.17) is 14.1 Å². The maximum atomic E-state index is 13.5. The number of para-hydroxylation sites is 1. The van der Waals surface area contributed by atoms with Crippen molar-refractivity contribution in [2.24, 2.45) is 5.10 Å². The fraction of sp³-hybridized carbons (Fsp3) is 0.0357. The molecule has 7 heteroatoms. The molecule has 6 rings (SSSR count). The number of phenols is 1. The van der Waals surface area contributed by atoms with Gasteiger partial charge in [0.2, 0.25) is 5.82 Å². The Morgan fingerprint density at radius 1 is 0.943 bits per heavy atom. The van der Waals surface area contributed by atoms with Gasteiger partial charge in [0, 0.05) is 5.56 Å². The zero-order valence-electron chi connectivity index (χ0n) is 18.7. The number of nitrogens with zero attached hydrogens (tertiary/aromatic N) is 3. The highest BCUT2D eigenvalue weighted by Crippen LogP contribution is 2.33. The first-order valence-electron chi connectivity index (χ1n) is 11.0. The summed E-state index contributed by atoms with van der Waals surface area (Å²) in [7, 11) is 1.59. The molecule has 0 aliphatic heterocycles. The van der Waals surface area contributed by atoms with Gasteiger partial charge in [0.15, 0.2) is 5.76 Å². The molecule has 0 aliphatic carbocycles. The largest absolute Gasteiger partial charge is 0.507 e. The maximum Gasteiger partial charge on any atom is 0.282 e. The number of benzene rings is 4. The Morgan fingerprint density at radius 3 is 2.60 bits per heavy atom. The number of hydrogen-bond donors (Lipinski definition) is 1. The van der Waals surface area contributed by atoms with Gasteiger partial charge in [0.05, 0.1) is 29.6 Å². The van der Waals surface area contributed by atoms with Crippen LogP contribution >= 0.6 is 0 Å². The minimum atomic E-state index is -0.353. The number of hydrogen-bond acceptors (Lipinski definition) is 6. The van der Waals surface area contributed by atoms with Crippen LogP contribution in [0.3, 0.4) is 0 Å². The fourth-order valence-corrected chi connectivity index (χ4v) is 4.25. The van der Waals surface area contributed by atoms with Crippen molar-refractivity contribution in [2.45, 2.75) is 0 Å². The van der Waals surface area contributed by atoms with Crippen molar-refractivity contribution >= 4 is 38.9 Å². The first-order valence-corrected chi connectivity index (χ1v) is 11.0. The van der Waals surface area contributed by atoms with Gasteiger partial charge in [-0.15, -0.1) is 0 Å². The van der Waals surface area contributed by atoms with Gasteiger partial charge >= 0.3 is 0 Å². The van der Waals surface area contributed by atoms with E-state index in [-0.39, 0.29) is 17.1 Å². The molecule has 0 radical (unpaired) electrons. The molecule has 4 aromatic carbocycles. The van der Waals surface area contributed by atoms with E-state index in [1.165, 1.54) is 10.9 Å². The molecule has 2 aromatic heterocycles. The van der Waals surface area contributed by atoms with Crippen molar-refractivity contribution in [2.75, 3.05) is 7.11 Å². The Morgan fingerprint density at radius 2 is 1.74 bits per heavy atom. The predicted octanol–water partition coefficient (Wildman–Crippen LogP) is 5.56. The van der Waals surface area contributed by atoms with E-state index in [0.717, 1.165) is 16.2 Å². The number of furan rings is 1. The van der Waals surface area contributed by atoms with Crippen LogP contribution in [0.5, 0.6) is 11.5 Å². The van der Waals surface area contributed by atoms with E-state index >= 15 is 0 Å². The zero-order chi connectivity index (χ0) is 23.9. The summed E-state index contributed by atoms with van der Waals surface area (Å²) in [4.78, 5) is 18.2. The van der Waals surface area contributed by atoms with E-state index in [0.29, 0.717) is 33.6 Å². The van der Waals surface area contributed by atoms with Crippen molar-refractivity contribution < 1.29 is 14.3 Å². The highest BCUT2D eigenvalue weighted by Gasteiger charge is 2.18. The molecular weight excluding hydrogens is 442 g/mol. The summed E-state index contributed by atoms with van der Waals surface area (Å²) in [6.45, 7) is 0. The van der Waals surface area contributed by atoms with Crippen LogP contribution in [0.1, 0.15) is 5.56 Å². The lowest BCUT2D eigenvalue weighted by atomic mass is 10.0. The van der Waals surface area contributed by atoms with Crippen LogP contribution in [-0.4, -0.2) is 28.1 Å². The summed E-state index contributed by atoms with van der Waals surface area (Å²) in [5.41, 5.74) is 1.28. The molecule has 6 aromatic rings. The Hall–Kier alpha value is -4.91. The van der Waals surface area contributed by atoms with Crippen LogP contribution < -0.4 is 10.3 Å². The van der Waals surface area contributed by atoms with Crippen molar-refractivity contribution in [1.82, 2.24) is 9.66 Å². The van der Waals surface area contributed by atoms with E-state index in [1.807, 2.05) is 54.6 Å². The average Bonchev–Trinajstić information content (AvgIpc) is 3.33. The highest BCUT2D eigenvalue weighted by molar-refractivity contribution is 6.02. The van der Waals surface area contributed by atoms with Gasteiger partial charge in [-0.05, 0) is 47.2 Å². The molecule has 1 N–H and O–H groups in total. The quantitative estimate of drug-likeness (QED) is 0.347. The Labute approximate surface area is 199 Å². The molecule has 35 heavy (non-hydrogen) atoms. The molecule has 0 aliphatic rings. The number of rotatable bonds is 4. The van der Waals surface area contributed by atoms with Crippen molar-refractivity contribution in [3.63, 3.8) is 0 Å². The SMILES string of the molecule is COc1cccc2oc(-c3nc4ccccc4c(=O)n3N=Cc3c(O)ccc4ccccc34)cc12. The number of aromatic nitrogens is 2. The lowest BCUT2D eigenvalue weighted by Gasteiger charge is -2.08. The smallest absolute Gasteiger partial charge is 0.282 e. The normalized spacial score (nSPS) is 11.7. The summed E-state index contributed by atoms with van der Waals surface area (Å²) in [6, 6.07) is 25.4. The Kier molecular flexibility index (Phi) is 4.81. The van der Waals surface area contributed by atoms with E-state index in [1.54, 1.807) is 37.4 Å². The zero-order valence-corrected chi connectivity index (χ0v) is 18.7. The maximum absolute atomic E-state index is 13.5. The number of phenolic OH excluding ortho intramolecular Hbond substituents is 1. The minimum absolute atomic E-state index is 0.0595. The third-order valence-corrected chi connectivity index (χ3v) is 5.97. The molecule has 2 heterocycles. The molecular formula is C28H19N3O4. The summed E-state index contributed by atoms with van der Waals surface area (Å²) < 4.78 is 12.7. The van der Waals surface area contributed by atoms with Crippen molar-refractivity contribution in [1.29, 1.82) is 0 Å².